The molecule has 3 aromatic rings. The van der Waals surface area contributed by atoms with Crippen LogP contribution in [0.4, 0.5) is 10.6 Å². The van der Waals surface area contributed by atoms with Crippen molar-refractivity contribution in [2.75, 3.05) is 11.9 Å². The van der Waals surface area contributed by atoms with Crippen molar-refractivity contribution in [3.05, 3.63) is 58.0 Å². The zero-order valence-corrected chi connectivity index (χ0v) is 17.2. The summed E-state index contributed by atoms with van der Waals surface area (Å²) in [7, 11) is 0. The summed E-state index contributed by atoms with van der Waals surface area (Å²) in [6, 6.07) is 11.1. The third kappa shape index (κ3) is 4.27. The summed E-state index contributed by atoms with van der Waals surface area (Å²) in [5, 5.41) is 10.3. The fourth-order valence-corrected chi connectivity index (χ4v) is 3.53. The molecule has 0 saturated heterocycles. The minimum Gasteiger partial charge on any atom is -0.338 e. The van der Waals surface area contributed by atoms with Gasteiger partial charge in [0.2, 0.25) is 5.95 Å². The zero-order chi connectivity index (χ0) is 21.1. The highest BCUT2D eigenvalue weighted by Crippen LogP contribution is 2.24. The number of anilines is 1. The van der Waals surface area contributed by atoms with E-state index >= 15 is 0 Å². The maximum absolute atomic E-state index is 12.6. The molecule has 2 amide bonds. The minimum absolute atomic E-state index is 0.137. The summed E-state index contributed by atoms with van der Waals surface area (Å²) < 4.78 is 1.49. The smallest absolute Gasteiger partial charge is 0.320 e. The lowest BCUT2D eigenvalue weighted by atomic mass is 9.97. The van der Waals surface area contributed by atoms with E-state index in [-0.39, 0.29) is 11.6 Å². The molecule has 2 heterocycles. The van der Waals surface area contributed by atoms with E-state index in [0.29, 0.717) is 29.9 Å². The Bertz CT molecular complexity index is 1100. The van der Waals surface area contributed by atoms with E-state index in [2.05, 4.69) is 25.7 Å². The van der Waals surface area contributed by atoms with Gasteiger partial charge in [0.1, 0.15) is 5.82 Å². The Morgan fingerprint density at radius 2 is 1.97 bits per heavy atom. The van der Waals surface area contributed by atoms with Crippen molar-refractivity contribution in [3.63, 3.8) is 0 Å². The first-order valence-electron chi connectivity index (χ1n) is 10.3. The van der Waals surface area contributed by atoms with Gasteiger partial charge in [-0.05, 0) is 31.6 Å². The van der Waals surface area contributed by atoms with Crippen molar-refractivity contribution in [1.29, 1.82) is 0 Å². The number of aromatic nitrogens is 4. The van der Waals surface area contributed by atoms with Crippen LogP contribution in [0.1, 0.15) is 37.9 Å². The highest BCUT2D eigenvalue weighted by Gasteiger charge is 2.20. The summed E-state index contributed by atoms with van der Waals surface area (Å²) in [6.45, 7) is 4.61. The molecule has 156 valence electrons. The molecule has 4 rings (SSSR count). The number of fused-ring (bicyclic) bond motifs is 1. The van der Waals surface area contributed by atoms with E-state index in [1.807, 2.05) is 44.2 Å². The molecule has 2 aromatic heterocycles. The predicted molar refractivity (Wildman–Crippen MR) is 116 cm³/mol. The number of carbonyl (C=O) groups is 1. The first-order chi connectivity index (χ1) is 14.5. The lowest BCUT2D eigenvalue weighted by Gasteiger charge is -2.15. The maximum atomic E-state index is 12.6. The highest BCUT2D eigenvalue weighted by atomic mass is 16.2. The van der Waals surface area contributed by atoms with Gasteiger partial charge in [0.15, 0.2) is 0 Å². The van der Waals surface area contributed by atoms with Crippen LogP contribution in [0, 0.1) is 5.92 Å². The van der Waals surface area contributed by atoms with Gasteiger partial charge < -0.3 is 5.32 Å². The van der Waals surface area contributed by atoms with Gasteiger partial charge in [-0.3, -0.25) is 15.1 Å². The van der Waals surface area contributed by atoms with E-state index < -0.39 is 0 Å². The van der Waals surface area contributed by atoms with Crippen LogP contribution >= 0.6 is 0 Å². The fourth-order valence-electron chi connectivity index (χ4n) is 3.53. The van der Waals surface area contributed by atoms with Crippen LogP contribution in [-0.4, -0.2) is 32.3 Å². The largest absolute Gasteiger partial charge is 0.338 e. The standard InChI is InChI=1S/C22H26N6O2/c1-14(2)13-23-22(30)25-19-12-18(15-8-4-3-5-9-15)27-28(19)21-24-17-11-7-6-10-16(17)20(29)26-21/h3-5,8-9,12,14H,6-7,10-11,13H2,1-2H3,(H2,23,25,30)(H,24,26,29). The second-order valence-corrected chi connectivity index (χ2v) is 7.94. The number of amides is 2. The molecule has 1 aromatic carbocycles. The van der Waals surface area contributed by atoms with E-state index in [0.717, 1.165) is 42.5 Å². The van der Waals surface area contributed by atoms with Crippen molar-refractivity contribution < 1.29 is 4.79 Å². The van der Waals surface area contributed by atoms with Crippen LogP contribution in [-0.2, 0) is 12.8 Å². The number of aryl methyl sites for hydroxylation is 1. The normalized spacial score (nSPS) is 13.2. The monoisotopic (exact) mass is 406 g/mol. The number of aromatic amines is 1. The lowest BCUT2D eigenvalue weighted by Crippen LogP contribution is -2.32. The van der Waals surface area contributed by atoms with Crippen LogP contribution in [0.3, 0.4) is 0 Å². The van der Waals surface area contributed by atoms with Gasteiger partial charge in [0.05, 0.1) is 11.4 Å². The number of nitrogens with one attached hydrogen (secondary N) is 3. The number of carbonyl (C=O) groups excluding carboxylic acids is 1. The Balaban J connectivity index is 1.74. The Morgan fingerprint density at radius 1 is 1.20 bits per heavy atom. The van der Waals surface area contributed by atoms with Crippen molar-refractivity contribution in [2.45, 2.75) is 39.5 Å². The van der Waals surface area contributed by atoms with Crippen molar-refractivity contribution in [2.24, 2.45) is 5.92 Å². The predicted octanol–water partition coefficient (Wildman–Crippen LogP) is 3.28. The van der Waals surface area contributed by atoms with Crippen molar-refractivity contribution in [3.8, 4) is 17.2 Å². The average Bonchev–Trinajstić information content (AvgIpc) is 3.16. The summed E-state index contributed by atoms with van der Waals surface area (Å²) in [5.74, 6) is 1.08. The molecule has 30 heavy (non-hydrogen) atoms. The molecule has 8 heteroatoms. The van der Waals surface area contributed by atoms with Gasteiger partial charge in [-0.2, -0.15) is 9.78 Å². The van der Waals surface area contributed by atoms with E-state index in [4.69, 9.17) is 0 Å². The van der Waals surface area contributed by atoms with E-state index in [9.17, 15) is 9.59 Å². The van der Waals surface area contributed by atoms with Crippen LogP contribution in [0.5, 0.6) is 0 Å². The molecule has 3 N–H and O–H groups in total. The van der Waals surface area contributed by atoms with E-state index in [1.165, 1.54) is 4.68 Å². The topological polar surface area (TPSA) is 105 Å². The Kier molecular flexibility index (Phi) is 5.65. The molecule has 0 unspecified atom stereocenters. The summed E-state index contributed by atoms with van der Waals surface area (Å²) in [4.78, 5) is 32.5. The van der Waals surface area contributed by atoms with Gasteiger partial charge in [-0.1, -0.05) is 44.2 Å². The SMILES string of the molecule is CC(C)CNC(=O)Nc1cc(-c2ccccc2)nn1-c1nc2c(c(=O)[nH]1)CCCC2. The first kappa shape index (κ1) is 19.9. The van der Waals surface area contributed by atoms with Crippen molar-refractivity contribution in [1.82, 2.24) is 25.1 Å². The first-order valence-corrected chi connectivity index (χ1v) is 10.3. The number of nitrogens with zero attached hydrogens (tertiary/aromatic N) is 3. The second-order valence-electron chi connectivity index (χ2n) is 7.94. The van der Waals surface area contributed by atoms with E-state index in [1.54, 1.807) is 6.07 Å². The molecule has 0 bridgehead atoms. The Morgan fingerprint density at radius 3 is 2.73 bits per heavy atom. The van der Waals surface area contributed by atoms with Gasteiger partial charge >= 0.3 is 6.03 Å². The van der Waals surface area contributed by atoms with Gasteiger partial charge in [0, 0.05) is 23.7 Å². The Hall–Kier alpha value is -3.42. The highest BCUT2D eigenvalue weighted by molar-refractivity contribution is 5.89. The number of urea groups is 1. The summed E-state index contributed by atoms with van der Waals surface area (Å²) in [5.41, 5.74) is 3.01. The number of benzene rings is 1. The van der Waals surface area contributed by atoms with Crippen LogP contribution in [0.15, 0.2) is 41.2 Å². The fraction of sp³-hybridized carbons (Fsp3) is 0.364. The quantitative estimate of drug-likeness (QED) is 0.605. The summed E-state index contributed by atoms with van der Waals surface area (Å²) in [6.07, 6.45) is 3.53. The Labute approximate surface area is 174 Å². The molecule has 0 atom stereocenters. The number of hydrogen-bond donors (Lipinski definition) is 3. The van der Waals surface area contributed by atoms with Crippen LogP contribution < -0.4 is 16.2 Å². The van der Waals surface area contributed by atoms with Crippen molar-refractivity contribution >= 4 is 11.8 Å². The number of H-pyrrole nitrogens is 1. The lowest BCUT2D eigenvalue weighted by molar-refractivity contribution is 0.250. The molecule has 0 radical (unpaired) electrons. The van der Waals surface area contributed by atoms with Crippen LogP contribution in [0.25, 0.3) is 17.2 Å². The number of hydrogen-bond acceptors (Lipinski definition) is 4. The molecule has 8 nitrogen and oxygen atoms in total. The molecule has 1 aliphatic carbocycles. The maximum Gasteiger partial charge on any atom is 0.320 e. The van der Waals surface area contributed by atoms with Gasteiger partial charge in [0.25, 0.3) is 5.56 Å². The second kappa shape index (κ2) is 8.52. The third-order valence-electron chi connectivity index (χ3n) is 5.07. The minimum atomic E-state index is -0.329. The molecule has 0 fully saturated rings. The number of rotatable bonds is 5. The zero-order valence-electron chi connectivity index (χ0n) is 17.2. The summed E-state index contributed by atoms with van der Waals surface area (Å²) >= 11 is 0. The molecule has 1 aliphatic rings. The molecular formula is C22H26N6O2. The third-order valence-corrected chi connectivity index (χ3v) is 5.07. The molecule has 0 saturated carbocycles. The average molecular weight is 406 g/mol. The van der Waals surface area contributed by atoms with Crippen LogP contribution in [0.2, 0.25) is 0 Å². The molecular weight excluding hydrogens is 380 g/mol. The van der Waals surface area contributed by atoms with Gasteiger partial charge in [-0.25, -0.2) is 9.78 Å². The van der Waals surface area contributed by atoms with Gasteiger partial charge in [-0.15, -0.1) is 0 Å². The molecule has 0 spiro atoms. The molecule has 0 aliphatic heterocycles.